The summed E-state index contributed by atoms with van der Waals surface area (Å²) in [5, 5.41) is 9.17. The molecule has 0 saturated carbocycles. The zero-order valence-electron chi connectivity index (χ0n) is 12.4. The molecule has 0 aliphatic carbocycles. The van der Waals surface area contributed by atoms with E-state index in [-0.39, 0.29) is 0 Å². The van der Waals surface area contributed by atoms with Crippen LogP contribution in [-0.2, 0) is 0 Å². The molecule has 3 nitrogen and oxygen atoms in total. The topological polar surface area (TPSA) is 30.7 Å². The van der Waals surface area contributed by atoms with E-state index >= 15 is 0 Å². The Morgan fingerprint density at radius 1 is 1.05 bits per heavy atom. The molecule has 22 heavy (non-hydrogen) atoms. The van der Waals surface area contributed by atoms with Crippen LogP contribution in [0.1, 0.15) is 11.1 Å². The van der Waals surface area contributed by atoms with Crippen LogP contribution >= 0.6 is 11.8 Å². The Kier molecular flexibility index (Phi) is 4.71. The number of thioether (sulfide) groups is 1. The molecule has 0 saturated heterocycles. The first-order chi connectivity index (χ1) is 10.8. The van der Waals surface area contributed by atoms with Crippen LogP contribution in [0.3, 0.4) is 0 Å². The minimum absolute atomic E-state index is 0.861. The van der Waals surface area contributed by atoms with Crippen molar-refractivity contribution in [2.24, 2.45) is 0 Å². The van der Waals surface area contributed by atoms with Gasteiger partial charge in [-0.3, -0.25) is 4.57 Å². The third-order valence-electron chi connectivity index (χ3n) is 3.31. The summed E-state index contributed by atoms with van der Waals surface area (Å²) in [6.07, 6.45) is 6.05. The third-order valence-corrected chi connectivity index (χ3v) is 4.21. The van der Waals surface area contributed by atoms with Gasteiger partial charge in [0.05, 0.1) is 5.69 Å². The van der Waals surface area contributed by atoms with E-state index in [2.05, 4.69) is 53.5 Å². The molecule has 0 amide bonds. The Hall–Kier alpha value is -2.33. The number of benzene rings is 2. The van der Waals surface area contributed by atoms with Crippen LogP contribution in [0, 0.1) is 6.92 Å². The first kappa shape index (κ1) is 14.6. The summed E-state index contributed by atoms with van der Waals surface area (Å²) in [5.41, 5.74) is 3.55. The molecule has 4 heteroatoms. The lowest BCUT2D eigenvalue weighted by Crippen LogP contribution is -1.97. The first-order valence-electron chi connectivity index (χ1n) is 7.15. The Morgan fingerprint density at radius 2 is 1.82 bits per heavy atom. The van der Waals surface area contributed by atoms with E-state index in [1.807, 2.05) is 34.9 Å². The molecule has 3 rings (SSSR count). The molecule has 0 atom stereocenters. The maximum Gasteiger partial charge on any atom is 0.195 e. The van der Waals surface area contributed by atoms with Crippen LogP contribution in [0.2, 0.25) is 0 Å². The standard InChI is InChI=1S/C18H17N3S/c1-15-8-5-6-12-17(15)21-14-19-20-18(21)22-13-7-11-16-9-3-2-4-10-16/h2-12,14H,13H2,1H3. The van der Waals surface area contributed by atoms with Crippen molar-refractivity contribution in [1.82, 2.24) is 14.8 Å². The Morgan fingerprint density at radius 3 is 2.64 bits per heavy atom. The predicted molar refractivity (Wildman–Crippen MR) is 92.3 cm³/mol. The van der Waals surface area contributed by atoms with Gasteiger partial charge in [0.25, 0.3) is 0 Å². The smallest absolute Gasteiger partial charge is 0.195 e. The number of para-hydroxylation sites is 1. The van der Waals surface area contributed by atoms with Gasteiger partial charge in [-0.15, -0.1) is 10.2 Å². The van der Waals surface area contributed by atoms with Crippen molar-refractivity contribution < 1.29 is 0 Å². The average molecular weight is 307 g/mol. The average Bonchev–Trinajstić information content (AvgIpc) is 3.01. The zero-order valence-corrected chi connectivity index (χ0v) is 13.2. The summed E-state index contributed by atoms with van der Waals surface area (Å²) in [6, 6.07) is 18.6. The third kappa shape index (κ3) is 3.46. The van der Waals surface area contributed by atoms with Crippen LogP contribution < -0.4 is 0 Å². The number of aryl methyl sites for hydroxylation is 1. The van der Waals surface area contributed by atoms with E-state index in [4.69, 9.17) is 0 Å². The maximum atomic E-state index is 4.22. The molecule has 0 aliphatic heterocycles. The highest BCUT2D eigenvalue weighted by Crippen LogP contribution is 2.21. The molecule has 0 unspecified atom stereocenters. The second kappa shape index (κ2) is 7.09. The number of hydrogen-bond donors (Lipinski definition) is 0. The van der Waals surface area contributed by atoms with E-state index in [0.717, 1.165) is 16.6 Å². The Labute approximate surface area is 134 Å². The van der Waals surface area contributed by atoms with Gasteiger partial charge >= 0.3 is 0 Å². The second-order valence-corrected chi connectivity index (χ2v) is 5.88. The Balaban J connectivity index is 1.69. The summed E-state index contributed by atoms with van der Waals surface area (Å²) in [6.45, 7) is 2.10. The molecule has 0 bridgehead atoms. The Bertz CT molecular complexity index is 763. The number of hydrogen-bond acceptors (Lipinski definition) is 3. The maximum absolute atomic E-state index is 4.22. The summed E-state index contributed by atoms with van der Waals surface area (Å²) >= 11 is 1.68. The van der Waals surface area contributed by atoms with E-state index in [1.54, 1.807) is 18.1 Å². The van der Waals surface area contributed by atoms with E-state index in [9.17, 15) is 0 Å². The van der Waals surface area contributed by atoms with Gasteiger partial charge in [0.2, 0.25) is 0 Å². The van der Waals surface area contributed by atoms with Gasteiger partial charge < -0.3 is 0 Å². The highest BCUT2D eigenvalue weighted by molar-refractivity contribution is 7.99. The van der Waals surface area contributed by atoms with Gasteiger partial charge in [-0.1, -0.05) is 72.4 Å². The highest BCUT2D eigenvalue weighted by atomic mass is 32.2. The second-order valence-electron chi connectivity index (χ2n) is 4.89. The molecule has 1 aromatic heterocycles. The number of aromatic nitrogens is 3. The highest BCUT2D eigenvalue weighted by Gasteiger charge is 2.07. The molecular formula is C18H17N3S. The molecule has 0 radical (unpaired) electrons. The van der Waals surface area contributed by atoms with Crippen molar-refractivity contribution in [2.75, 3.05) is 5.75 Å². The largest absolute Gasteiger partial charge is 0.276 e. The van der Waals surface area contributed by atoms with Crippen LogP contribution in [0.5, 0.6) is 0 Å². The van der Waals surface area contributed by atoms with Crippen molar-refractivity contribution in [3.63, 3.8) is 0 Å². The lowest BCUT2D eigenvalue weighted by atomic mass is 10.2. The molecule has 0 fully saturated rings. The van der Waals surface area contributed by atoms with Crippen molar-refractivity contribution in [2.45, 2.75) is 12.1 Å². The molecule has 3 aromatic rings. The van der Waals surface area contributed by atoms with Gasteiger partial charge in [-0.05, 0) is 24.1 Å². The molecule has 0 spiro atoms. The van der Waals surface area contributed by atoms with Crippen molar-refractivity contribution in [1.29, 1.82) is 0 Å². The normalized spacial score (nSPS) is 11.1. The fourth-order valence-electron chi connectivity index (χ4n) is 2.19. The number of rotatable bonds is 5. The zero-order chi connectivity index (χ0) is 15.2. The summed E-state index contributed by atoms with van der Waals surface area (Å²) in [4.78, 5) is 0. The predicted octanol–water partition coefficient (Wildman–Crippen LogP) is 4.38. The van der Waals surface area contributed by atoms with Crippen molar-refractivity contribution in [3.05, 3.63) is 78.1 Å². The first-order valence-corrected chi connectivity index (χ1v) is 8.13. The summed E-state index contributed by atoms with van der Waals surface area (Å²) < 4.78 is 2.04. The number of nitrogens with zero attached hydrogens (tertiary/aromatic N) is 3. The fraction of sp³-hybridized carbons (Fsp3) is 0.111. The van der Waals surface area contributed by atoms with Crippen LogP contribution in [0.15, 0.2) is 72.2 Å². The quantitative estimate of drug-likeness (QED) is 0.655. The molecule has 1 heterocycles. The van der Waals surface area contributed by atoms with Gasteiger partial charge in [0.1, 0.15) is 6.33 Å². The van der Waals surface area contributed by atoms with Crippen molar-refractivity contribution in [3.8, 4) is 5.69 Å². The van der Waals surface area contributed by atoms with Crippen LogP contribution in [-0.4, -0.2) is 20.5 Å². The molecular weight excluding hydrogens is 290 g/mol. The van der Waals surface area contributed by atoms with E-state index < -0.39 is 0 Å². The van der Waals surface area contributed by atoms with Gasteiger partial charge in [-0.2, -0.15) is 0 Å². The van der Waals surface area contributed by atoms with Crippen LogP contribution in [0.4, 0.5) is 0 Å². The molecule has 110 valence electrons. The molecule has 0 N–H and O–H groups in total. The minimum atomic E-state index is 0.861. The summed E-state index contributed by atoms with van der Waals surface area (Å²) in [7, 11) is 0. The monoisotopic (exact) mass is 307 g/mol. The van der Waals surface area contributed by atoms with Crippen LogP contribution in [0.25, 0.3) is 11.8 Å². The SMILES string of the molecule is Cc1ccccc1-n1cnnc1SCC=Cc1ccccc1. The molecule has 0 aliphatic rings. The lowest BCUT2D eigenvalue weighted by Gasteiger charge is -2.08. The summed E-state index contributed by atoms with van der Waals surface area (Å²) in [5.74, 6) is 0.861. The van der Waals surface area contributed by atoms with E-state index in [0.29, 0.717) is 0 Å². The molecule has 2 aromatic carbocycles. The van der Waals surface area contributed by atoms with Crippen molar-refractivity contribution >= 4 is 17.8 Å². The van der Waals surface area contributed by atoms with Gasteiger partial charge in [0, 0.05) is 5.75 Å². The van der Waals surface area contributed by atoms with Gasteiger partial charge in [-0.25, -0.2) is 0 Å². The fourth-order valence-corrected chi connectivity index (χ4v) is 2.92. The lowest BCUT2D eigenvalue weighted by molar-refractivity contribution is 0.879. The minimum Gasteiger partial charge on any atom is -0.276 e. The van der Waals surface area contributed by atoms with E-state index in [1.165, 1.54) is 11.1 Å². The van der Waals surface area contributed by atoms with Gasteiger partial charge in [0.15, 0.2) is 5.16 Å².